The van der Waals surface area contributed by atoms with Crippen LogP contribution in [0.4, 0.5) is 10.1 Å². The first-order valence-electron chi connectivity index (χ1n) is 9.19. The monoisotopic (exact) mass is 483 g/mol. The van der Waals surface area contributed by atoms with Gasteiger partial charge in [0.25, 0.3) is 11.6 Å². The van der Waals surface area contributed by atoms with E-state index in [1.807, 2.05) is 0 Å². The zero-order chi connectivity index (χ0) is 24.8. The third-order valence-electron chi connectivity index (χ3n) is 4.49. The highest BCUT2D eigenvalue weighted by Crippen LogP contribution is 2.22. The van der Waals surface area contributed by atoms with Gasteiger partial charge in [0.05, 0.1) is 9.82 Å². The van der Waals surface area contributed by atoms with Gasteiger partial charge in [0.15, 0.2) is 0 Å². The number of nitrogens with zero attached hydrogens (tertiary/aromatic N) is 3. The summed E-state index contributed by atoms with van der Waals surface area (Å²) in [5.41, 5.74) is -0.318. The second kappa shape index (κ2) is 10.6. The standard InChI is InChI=1S/C17H16FN3O5S.C2H2O4/c18-13-5-7-14(8-6-13)27(25,26)20-11-9-19(10-12-20)17(22)15-3-1-2-4-16(15)21(23)24;3-1(4)2(5)6/h1-8H,9-12H2;(H,3,4)(H,5,6). The molecule has 2 aromatic carbocycles. The van der Waals surface area contributed by atoms with Gasteiger partial charge in [-0.1, -0.05) is 12.1 Å². The van der Waals surface area contributed by atoms with Crippen LogP contribution in [0, 0.1) is 15.9 Å². The molecule has 2 aromatic rings. The van der Waals surface area contributed by atoms with Crippen molar-refractivity contribution in [2.24, 2.45) is 0 Å². The van der Waals surface area contributed by atoms with Crippen LogP contribution < -0.4 is 0 Å². The molecule has 12 nitrogen and oxygen atoms in total. The number of carboxylic acids is 2. The van der Waals surface area contributed by atoms with Crippen molar-refractivity contribution in [1.29, 1.82) is 0 Å². The fourth-order valence-electron chi connectivity index (χ4n) is 2.87. The smallest absolute Gasteiger partial charge is 0.414 e. The largest absolute Gasteiger partial charge is 0.473 e. The third kappa shape index (κ3) is 6.30. The van der Waals surface area contributed by atoms with Gasteiger partial charge in [-0.05, 0) is 30.3 Å². The van der Waals surface area contributed by atoms with Gasteiger partial charge in [0.1, 0.15) is 11.4 Å². The summed E-state index contributed by atoms with van der Waals surface area (Å²) in [5, 5.41) is 25.9. The van der Waals surface area contributed by atoms with Crippen molar-refractivity contribution in [2.45, 2.75) is 4.90 Å². The summed E-state index contributed by atoms with van der Waals surface area (Å²) in [6.07, 6.45) is 0. The van der Waals surface area contributed by atoms with Gasteiger partial charge in [0, 0.05) is 32.2 Å². The van der Waals surface area contributed by atoms with E-state index in [4.69, 9.17) is 19.8 Å². The molecular weight excluding hydrogens is 465 g/mol. The maximum absolute atomic E-state index is 13.0. The zero-order valence-electron chi connectivity index (χ0n) is 16.8. The van der Waals surface area contributed by atoms with Crippen molar-refractivity contribution in [3.63, 3.8) is 0 Å². The summed E-state index contributed by atoms with van der Waals surface area (Å²) in [5.74, 6) is -4.69. The number of hydrogen-bond acceptors (Lipinski definition) is 7. The van der Waals surface area contributed by atoms with Crippen LogP contribution >= 0.6 is 0 Å². The van der Waals surface area contributed by atoms with Crippen molar-refractivity contribution in [3.8, 4) is 0 Å². The van der Waals surface area contributed by atoms with E-state index in [2.05, 4.69) is 0 Å². The second-order valence-corrected chi connectivity index (χ2v) is 8.47. The van der Waals surface area contributed by atoms with E-state index in [9.17, 15) is 27.7 Å². The summed E-state index contributed by atoms with van der Waals surface area (Å²) < 4.78 is 39.4. The van der Waals surface area contributed by atoms with Gasteiger partial charge < -0.3 is 15.1 Å². The zero-order valence-corrected chi connectivity index (χ0v) is 17.6. The number of nitro groups is 1. The van der Waals surface area contributed by atoms with Crippen LogP contribution in [0.2, 0.25) is 0 Å². The Morgan fingerprint density at radius 3 is 1.91 bits per heavy atom. The number of carboxylic acid groups (broad SMARTS) is 2. The minimum Gasteiger partial charge on any atom is -0.473 e. The molecule has 33 heavy (non-hydrogen) atoms. The number of hydrogen-bond donors (Lipinski definition) is 2. The molecule has 2 N–H and O–H groups in total. The van der Waals surface area contributed by atoms with E-state index in [0.717, 1.165) is 12.1 Å². The Hall–Kier alpha value is -3.91. The average Bonchev–Trinajstić information content (AvgIpc) is 2.79. The molecule has 1 heterocycles. The first kappa shape index (κ1) is 25.4. The normalized spacial score (nSPS) is 14.0. The number of halogens is 1. The summed E-state index contributed by atoms with van der Waals surface area (Å²) >= 11 is 0. The Bertz CT molecular complexity index is 1150. The summed E-state index contributed by atoms with van der Waals surface area (Å²) in [6.45, 7) is 0.300. The summed E-state index contributed by atoms with van der Waals surface area (Å²) in [4.78, 5) is 42.6. The minimum absolute atomic E-state index is 0.0256. The lowest BCUT2D eigenvalue weighted by Crippen LogP contribution is -2.50. The van der Waals surface area contributed by atoms with Crippen LogP contribution in [0.15, 0.2) is 53.4 Å². The fraction of sp³-hybridized carbons (Fsp3) is 0.211. The molecular formula is C19H18FN3O9S. The Balaban J connectivity index is 0.000000569. The van der Waals surface area contributed by atoms with Crippen molar-refractivity contribution in [2.75, 3.05) is 26.2 Å². The van der Waals surface area contributed by atoms with Crippen LogP contribution in [0.25, 0.3) is 0 Å². The number of amides is 1. The molecule has 0 aliphatic carbocycles. The molecule has 1 fully saturated rings. The summed E-state index contributed by atoms with van der Waals surface area (Å²) in [7, 11) is -3.79. The molecule has 1 aliphatic heterocycles. The molecule has 0 bridgehead atoms. The molecule has 1 saturated heterocycles. The van der Waals surface area contributed by atoms with E-state index >= 15 is 0 Å². The number of sulfonamides is 1. The minimum atomic E-state index is -3.79. The number of nitro benzene ring substituents is 1. The molecule has 0 spiro atoms. The molecule has 0 atom stereocenters. The average molecular weight is 483 g/mol. The maximum atomic E-state index is 13.0. The van der Waals surface area contributed by atoms with Crippen molar-refractivity contribution >= 4 is 33.6 Å². The predicted octanol–water partition coefficient (Wildman–Crippen LogP) is 1.04. The van der Waals surface area contributed by atoms with E-state index in [0.29, 0.717) is 0 Å². The SMILES string of the molecule is O=C(O)C(=O)O.O=C(c1ccccc1[N+](=O)[O-])N1CCN(S(=O)(=O)c2ccc(F)cc2)CC1. The molecule has 3 rings (SSSR count). The topological polar surface area (TPSA) is 175 Å². The highest BCUT2D eigenvalue weighted by molar-refractivity contribution is 7.89. The Morgan fingerprint density at radius 1 is 0.909 bits per heavy atom. The molecule has 14 heteroatoms. The molecule has 0 unspecified atom stereocenters. The first-order valence-corrected chi connectivity index (χ1v) is 10.6. The molecule has 0 radical (unpaired) electrons. The summed E-state index contributed by atoms with van der Waals surface area (Å²) in [6, 6.07) is 10.2. The number of benzene rings is 2. The highest BCUT2D eigenvalue weighted by Gasteiger charge is 2.32. The van der Waals surface area contributed by atoms with Gasteiger partial charge in [-0.2, -0.15) is 4.31 Å². The number of carbonyl (C=O) groups excluding carboxylic acids is 1. The first-order chi connectivity index (χ1) is 15.4. The molecule has 0 saturated carbocycles. The Morgan fingerprint density at radius 2 is 1.42 bits per heavy atom. The van der Waals surface area contributed by atoms with Crippen molar-refractivity contribution in [3.05, 3.63) is 70.0 Å². The van der Waals surface area contributed by atoms with E-state index < -0.39 is 38.6 Å². The van der Waals surface area contributed by atoms with Gasteiger partial charge in [-0.3, -0.25) is 14.9 Å². The fourth-order valence-corrected chi connectivity index (χ4v) is 4.29. The maximum Gasteiger partial charge on any atom is 0.414 e. The van der Waals surface area contributed by atoms with Crippen molar-refractivity contribution < 1.29 is 42.3 Å². The molecule has 1 aliphatic rings. The number of carbonyl (C=O) groups is 3. The van der Waals surface area contributed by atoms with Gasteiger partial charge in [-0.15, -0.1) is 0 Å². The van der Waals surface area contributed by atoms with Gasteiger partial charge in [-0.25, -0.2) is 22.4 Å². The lowest BCUT2D eigenvalue weighted by atomic mass is 10.1. The van der Waals surface area contributed by atoms with Crippen molar-refractivity contribution in [1.82, 2.24) is 9.21 Å². The number of aliphatic carboxylic acids is 2. The van der Waals surface area contributed by atoms with Crippen LogP contribution in [0.3, 0.4) is 0 Å². The van der Waals surface area contributed by atoms with E-state index in [1.54, 1.807) is 0 Å². The highest BCUT2D eigenvalue weighted by atomic mass is 32.2. The van der Waals surface area contributed by atoms with Gasteiger partial charge in [0.2, 0.25) is 10.0 Å². The van der Waals surface area contributed by atoms with E-state index in [-0.39, 0.29) is 42.3 Å². The molecule has 1 amide bonds. The Labute approximate surface area is 186 Å². The lowest BCUT2D eigenvalue weighted by Gasteiger charge is -2.34. The van der Waals surface area contributed by atoms with Crippen LogP contribution in [-0.4, -0.2) is 76.8 Å². The predicted molar refractivity (Wildman–Crippen MR) is 109 cm³/mol. The quantitative estimate of drug-likeness (QED) is 0.365. The third-order valence-corrected chi connectivity index (χ3v) is 6.40. The van der Waals surface area contributed by atoms with Gasteiger partial charge >= 0.3 is 11.9 Å². The molecule has 176 valence electrons. The lowest BCUT2D eigenvalue weighted by molar-refractivity contribution is -0.385. The number of para-hydroxylation sites is 1. The molecule has 0 aromatic heterocycles. The number of rotatable bonds is 4. The van der Waals surface area contributed by atoms with Crippen LogP contribution in [0.1, 0.15) is 10.4 Å². The Kier molecular flexibility index (Phi) is 8.15. The van der Waals surface area contributed by atoms with Crippen LogP contribution in [0.5, 0.6) is 0 Å². The van der Waals surface area contributed by atoms with Crippen LogP contribution in [-0.2, 0) is 19.6 Å². The second-order valence-electron chi connectivity index (χ2n) is 6.53. The van der Waals surface area contributed by atoms with E-state index in [1.165, 1.54) is 45.6 Å². The number of piperazine rings is 1.